The minimum absolute atomic E-state index is 0.0195. The molecule has 3 atom stereocenters. The number of ether oxygens (including phenoxy) is 1. The van der Waals surface area contributed by atoms with Gasteiger partial charge in [0.2, 0.25) is 5.91 Å². The number of hydrogen-bond acceptors (Lipinski definition) is 3. The van der Waals surface area contributed by atoms with E-state index in [-0.39, 0.29) is 17.9 Å². The Morgan fingerprint density at radius 3 is 3.00 bits per heavy atom. The molecule has 1 aromatic carbocycles. The van der Waals surface area contributed by atoms with Crippen molar-refractivity contribution in [3.8, 4) is 5.75 Å². The van der Waals surface area contributed by atoms with Gasteiger partial charge in [-0.2, -0.15) is 0 Å². The molecular formula is C15H21NO3S. The van der Waals surface area contributed by atoms with Crippen LogP contribution >= 0.6 is 0 Å². The van der Waals surface area contributed by atoms with Crippen LogP contribution in [0.3, 0.4) is 0 Å². The molecule has 2 rings (SSSR count). The first-order valence-corrected chi connectivity index (χ1v) is 8.62. The van der Waals surface area contributed by atoms with Gasteiger partial charge in [0.15, 0.2) is 0 Å². The first-order valence-electron chi connectivity index (χ1n) is 6.90. The van der Waals surface area contributed by atoms with E-state index < -0.39 is 10.8 Å². The zero-order chi connectivity index (χ0) is 14.5. The van der Waals surface area contributed by atoms with Gasteiger partial charge >= 0.3 is 0 Å². The highest BCUT2D eigenvalue weighted by Gasteiger charge is 2.23. The van der Waals surface area contributed by atoms with Crippen molar-refractivity contribution in [1.82, 2.24) is 5.32 Å². The average Bonchev–Trinajstić information content (AvgIpc) is 2.61. The van der Waals surface area contributed by atoms with Crippen molar-refractivity contribution < 1.29 is 13.7 Å². The molecule has 1 heterocycles. The summed E-state index contributed by atoms with van der Waals surface area (Å²) in [5.41, 5.74) is 1.03. The van der Waals surface area contributed by atoms with E-state index in [1.165, 1.54) is 0 Å². The first-order chi connectivity index (χ1) is 9.58. The monoisotopic (exact) mass is 295 g/mol. The van der Waals surface area contributed by atoms with E-state index in [0.29, 0.717) is 12.4 Å². The van der Waals surface area contributed by atoms with Gasteiger partial charge in [0, 0.05) is 34.3 Å². The third-order valence-corrected chi connectivity index (χ3v) is 4.41. The van der Waals surface area contributed by atoms with E-state index >= 15 is 0 Å². The number of rotatable bonds is 4. The minimum atomic E-state index is -0.957. The van der Waals surface area contributed by atoms with Crippen LogP contribution < -0.4 is 10.1 Å². The van der Waals surface area contributed by atoms with E-state index in [1.807, 2.05) is 31.2 Å². The molecule has 20 heavy (non-hydrogen) atoms. The van der Waals surface area contributed by atoms with Crippen LogP contribution in [0.2, 0.25) is 0 Å². The zero-order valence-corrected chi connectivity index (χ0v) is 12.7. The molecule has 1 amide bonds. The van der Waals surface area contributed by atoms with E-state index in [1.54, 1.807) is 6.26 Å². The molecule has 0 aliphatic carbocycles. The van der Waals surface area contributed by atoms with Crippen LogP contribution in [0.4, 0.5) is 0 Å². The number of amides is 1. The summed E-state index contributed by atoms with van der Waals surface area (Å²) in [5.74, 6) is 0.970. The van der Waals surface area contributed by atoms with Crippen molar-refractivity contribution in [2.75, 3.05) is 18.6 Å². The SMILES string of the molecule is C[C@H](C[S@](C)=O)C(=O)N[C@@H]1CCCOc2ccccc21. The summed E-state index contributed by atoms with van der Waals surface area (Å²) >= 11 is 0. The van der Waals surface area contributed by atoms with Crippen LogP contribution in [0.25, 0.3) is 0 Å². The highest BCUT2D eigenvalue weighted by molar-refractivity contribution is 7.84. The molecule has 1 aliphatic heterocycles. The van der Waals surface area contributed by atoms with Crippen molar-refractivity contribution >= 4 is 16.7 Å². The number of fused-ring (bicyclic) bond motifs is 1. The number of hydrogen-bond donors (Lipinski definition) is 1. The maximum atomic E-state index is 12.2. The van der Waals surface area contributed by atoms with Gasteiger partial charge in [0.25, 0.3) is 0 Å². The molecule has 1 N–H and O–H groups in total. The van der Waals surface area contributed by atoms with Crippen LogP contribution in [0, 0.1) is 5.92 Å². The Bertz CT molecular complexity index is 504. The van der Waals surface area contributed by atoms with Crippen LogP contribution in [0.1, 0.15) is 31.4 Å². The second-order valence-corrected chi connectivity index (χ2v) is 6.71. The van der Waals surface area contributed by atoms with Crippen molar-refractivity contribution in [2.24, 2.45) is 5.92 Å². The smallest absolute Gasteiger partial charge is 0.224 e. The molecule has 0 unspecified atom stereocenters. The van der Waals surface area contributed by atoms with Gasteiger partial charge in [-0.15, -0.1) is 0 Å². The Kier molecular flexibility index (Phi) is 5.17. The van der Waals surface area contributed by atoms with Gasteiger partial charge in [-0.25, -0.2) is 0 Å². The van der Waals surface area contributed by atoms with Gasteiger partial charge in [-0.3, -0.25) is 9.00 Å². The average molecular weight is 295 g/mol. The van der Waals surface area contributed by atoms with E-state index in [2.05, 4.69) is 5.32 Å². The summed E-state index contributed by atoms with van der Waals surface area (Å²) in [6.07, 6.45) is 3.40. The topological polar surface area (TPSA) is 55.4 Å². The molecule has 5 heteroatoms. The van der Waals surface area contributed by atoms with Crippen molar-refractivity contribution in [3.63, 3.8) is 0 Å². The van der Waals surface area contributed by atoms with E-state index in [4.69, 9.17) is 4.74 Å². The summed E-state index contributed by atoms with van der Waals surface area (Å²) in [4.78, 5) is 12.2. The third kappa shape index (κ3) is 3.82. The Hall–Kier alpha value is -1.36. The van der Waals surface area contributed by atoms with Gasteiger partial charge in [-0.1, -0.05) is 25.1 Å². The molecule has 0 fully saturated rings. The Balaban J connectivity index is 2.09. The quantitative estimate of drug-likeness (QED) is 0.924. The highest BCUT2D eigenvalue weighted by Crippen LogP contribution is 2.31. The molecule has 1 aromatic rings. The summed E-state index contributed by atoms with van der Waals surface area (Å²) < 4.78 is 16.9. The molecule has 0 aromatic heterocycles. The lowest BCUT2D eigenvalue weighted by molar-refractivity contribution is -0.124. The van der Waals surface area contributed by atoms with Gasteiger partial charge in [-0.05, 0) is 18.9 Å². The number of carbonyl (C=O) groups excluding carboxylic acids is 1. The molecule has 0 saturated heterocycles. The van der Waals surface area contributed by atoms with Gasteiger partial charge in [0.1, 0.15) is 5.75 Å². The molecule has 0 spiro atoms. The van der Waals surface area contributed by atoms with Crippen LogP contribution in [0.15, 0.2) is 24.3 Å². The lowest BCUT2D eigenvalue weighted by Crippen LogP contribution is -2.34. The fraction of sp³-hybridized carbons (Fsp3) is 0.533. The highest BCUT2D eigenvalue weighted by atomic mass is 32.2. The van der Waals surface area contributed by atoms with Crippen LogP contribution in [0.5, 0.6) is 5.75 Å². The second kappa shape index (κ2) is 6.88. The molecular weight excluding hydrogens is 274 g/mol. The Morgan fingerprint density at radius 2 is 2.25 bits per heavy atom. The predicted octanol–water partition coefficient (Wildman–Crippen LogP) is 2.03. The first kappa shape index (κ1) is 15.0. The fourth-order valence-electron chi connectivity index (χ4n) is 2.42. The number of para-hydroxylation sites is 1. The third-order valence-electron chi connectivity index (χ3n) is 3.44. The maximum Gasteiger partial charge on any atom is 0.224 e. The van der Waals surface area contributed by atoms with Crippen LogP contribution in [-0.4, -0.2) is 28.7 Å². The molecule has 110 valence electrons. The Labute approximate surface area is 122 Å². The number of benzene rings is 1. The summed E-state index contributed by atoms with van der Waals surface area (Å²) in [5, 5.41) is 3.07. The molecule has 0 saturated carbocycles. The normalized spacial score (nSPS) is 21.0. The van der Waals surface area contributed by atoms with Crippen molar-refractivity contribution in [2.45, 2.75) is 25.8 Å². The van der Waals surface area contributed by atoms with E-state index in [0.717, 1.165) is 24.2 Å². The summed E-state index contributed by atoms with van der Waals surface area (Å²) in [7, 11) is -0.957. The predicted molar refractivity (Wildman–Crippen MR) is 80.2 cm³/mol. The molecule has 0 bridgehead atoms. The second-order valence-electron chi connectivity index (χ2n) is 5.23. The van der Waals surface area contributed by atoms with Gasteiger partial charge in [0.05, 0.1) is 12.6 Å². The zero-order valence-electron chi connectivity index (χ0n) is 11.9. The standard InChI is InChI=1S/C15H21NO3S/c1-11(10-20(2)18)15(17)16-13-7-5-9-19-14-8-4-3-6-12(13)14/h3-4,6,8,11,13H,5,7,9-10H2,1-2H3,(H,16,17)/t11-,13-,20+/m1/s1. The fourth-order valence-corrected chi connectivity index (χ4v) is 3.27. The van der Waals surface area contributed by atoms with Crippen molar-refractivity contribution in [3.05, 3.63) is 29.8 Å². The summed E-state index contributed by atoms with van der Waals surface area (Å²) in [6.45, 7) is 2.49. The minimum Gasteiger partial charge on any atom is -0.493 e. The lowest BCUT2D eigenvalue weighted by Gasteiger charge is -2.20. The van der Waals surface area contributed by atoms with Gasteiger partial charge < -0.3 is 10.1 Å². The molecule has 1 aliphatic rings. The summed E-state index contributed by atoms with van der Waals surface area (Å²) in [6, 6.07) is 7.80. The number of nitrogens with one attached hydrogen (secondary N) is 1. The van der Waals surface area contributed by atoms with Crippen LogP contribution in [-0.2, 0) is 15.6 Å². The largest absolute Gasteiger partial charge is 0.493 e. The van der Waals surface area contributed by atoms with Crippen molar-refractivity contribution in [1.29, 1.82) is 0 Å². The Morgan fingerprint density at radius 1 is 1.50 bits per heavy atom. The van der Waals surface area contributed by atoms with E-state index in [9.17, 15) is 9.00 Å². The maximum absolute atomic E-state index is 12.2. The number of carbonyl (C=O) groups is 1. The molecule has 4 nitrogen and oxygen atoms in total. The molecule has 0 radical (unpaired) electrons. The lowest BCUT2D eigenvalue weighted by atomic mass is 10.0.